The number of benzene rings is 2. The summed E-state index contributed by atoms with van der Waals surface area (Å²) in [6.07, 6.45) is 1.85. The summed E-state index contributed by atoms with van der Waals surface area (Å²) in [7, 11) is 0. The van der Waals surface area contributed by atoms with Gasteiger partial charge in [-0.2, -0.15) is 0 Å². The topological polar surface area (TPSA) is 55.1 Å². The number of hydrogen-bond acceptors (Lipinski definition) is 2. The highest BCUT2D eigenvalue weighted by Gasteiger charge is 2.11. The van der Waals surface area contributed by atoms with Crippen molar-refractivity contribution in [3.63, 3.8) is 0 Å². The second-order valence-electron chi connectivity index (χ2n) is 4.21. The molecule has 3 nitrogen and oxygen atoms in total. The molecule has 0 fully saturated rings. The van der Waals surface area contributed by atoms with E-state index in [0.717, 1.165) is 8.96 Å². The number of anilines is 2. The monoisotopic (exact) mass is 428 g/mol. The molecule has 21 heavy (non-hydrogen) atoms. The third-order valence-electron chi connectivity index (χ3n) is 2.73. The first-order valence-corrected chi connectivity index (χ1v) is 7.92. The van der Waals surface area contributed by atoms with Gasteiger partial charge in [-0.15, -0.1) is 0 Å². The van der Waals surface area contributed by atoms with Gasteiger partial charge in [0, 0.05) is 16.4 Å². The summed E-state index contributed by atoms with van der Waals surface area (Å²) in [4.78, 5) is 12.3. The largest absolute Gasteiger partial charge is 0.398 e. The maximum atomic E-state index is 12.3. The van der Waals surface area contributed by atoms with Crippen LogP contribution in [0.25, 0.3) is 6.08 Å². The Bertz CT molecular complexity index is 713. The van der Waals surface area contributed by atoms with E-state index in [4.69, 9.17) is 17.3 Å². The first-order valence-electron chi connectivity index (χ1n) is 5.95. The standard InChI is InChI=1S/C15H11Br2ClN2O/c16-14(17)7-9-3-1-2-4-13(9)20-15(21)11-6-5-10(18)8-12(11)19/h1-8H,19H2,(H,20,21). The summed E-state index contributed by atoms with van der Waals surface area (Å²) in [5.74, 6) is -0.282. The second kappa shape index (κ2) is 7.11. The highest BCUT2D eigenvalue weighted by Crippen LogP contribution is 2.25. The molecule has 0 aromatic heterocycles. The summed E-state index contributed by atoms with van der Waals surface area (Å²) in [5, 5.41) is 3.34. The number of nitrogen functional groups attached to an aromatic ring is 1. The Balaban J connectivity index is 2.30. The molecular formula is C15H11Br2ClN2O. The molecular weight excluding hydrogens is 419 g/mol. The van der Waals surface area contributed by atoms with E-state index >= 15 is 0 Å². The van der Waals surface area contributed by atoms with Crippen molar-refractivity contribution in [2.24, 2.45) is 0 Å². The SMILES string of the molecule is Nc1cc(Cl)ccc1C(=O)Nc1ccccc1C=C(Br)Br. The summed E-state index contributed by atoms with van der Waals surface area (Å²) >= 11 is 12.4. The quantitative estimate of drug-likeness (QED) is 0.653. The van der Waals surface area contributed by atoms with Gasteiger partial charge in [0.15, 0.2) is 0 Å². The molecule has 108 valence electrons. The number of halogens is 3. The normalized spacial score (nSPS) is 10.0. The Morgan fingerprint density at radius 3 is 2.57 bits per heavy atom. The van der Waals surface area contributed by atoms with Crippen LogP contribution in [-0.2, 0) is 0 Å². The van der Waals surface area contributed by atoms with E-state index in [1.54, 1.807) is 18.2 Å². The van der Waals surface area contributed by atoms with E-state index in [2.05, 4.69) is 37.2 Å². The zero-order valence-corrected chi connectivity index (χ0v) is 14.7. The van der Waals surface area contributed by atoms with Gasteiger partial charge < -0.3 is 11.1 Å². The fourth-order valence-corrected chi connectivity index (χ4v) is 2.46. The number of amides is 1. The molecule has 0 saturated carbocycles. The van der Waals surface area contributed by atoms with Crippen LogP contribution < -0.4 is 11.1 Å². The third kappa shape index (κ3) is 4.33. The van der Waals surface area contributed by atoms with Crippen molar-refractivity contribution in [2.75, 3.05) is 11.1 Å². The molecule has 0 aliphatic heterocycles. The molecule has 2 aromatic carbocycles. The van der Waals surface area contributed by atoms with Gasteiger partial charge >= 0.3 is 0 Å². The Hall–Kier alpha value is -1.30. The van der Waals surface area contributed by atoms with Crippen molar-refractivity contribution < 1.29 is 4.79 Å². The fourth-order valence-electron chi connectivity index (χ4n) is 1.78. The van der Waals surface area contributed by atoms with Crippen LogP contribution in [-0.4, -0.2) is 5.91 Å². The van der Waals surface area contributed by atoms with Crippen molar-refractivity contribution in [3.8, 4) is 0 Å². The third-order valence-corrected chi connectivity index (χ3v) is 3.42. The van der Waals surface area contributed by atoms with Crippen molar-refractivity contribution in [1.82, 2.24) is 0 Å². The Morgan fingerprint density at radius 1 is 1.19 bits per heavy atom. The molecule has 2 aromatic rings. The van der Waals surface area contributed by atoms with E-state index in [9.17, 15) is 4.79 Å². The van der Waals surface area contributed by atoms with Crippen LogP contribution >= 0.6 is 43.5 Å². The Labute approximate surface area is 144 Å². The van der Waals surface area contributed by atoms with Crippen LogP contribution in [0.15, 0.2) is 45.9 Å². The van der Waals surface area contributed by atoms with Gasteiger partial charge in [-0.05, 0) is 67.8 Å². The first kappa shape index (κ1) is 16.1. The number of para-hydroxylation sites is 1. The van der Waals surface area contributed by atoms with Gasteiger partial charge in [0.25, 0.3) is 5.91 Å². The van der Waals surface area contributed by atoms with Crippen molar-refractivity contribution >= 4 is 66.8 Å². The molecule has 0 spiro atoms. The minimum atomic E-state index is -0.282. The number of nitrogens with two attached hydrogens (primary N) is 1. The highest BCUT2D eigenvalue weighted by atomic mass is 79.9. The number of hydrogen-bond donors (Lipinski definition) is 2. The maximum Gasteiger partial charge on any atom is 0.257 e. The van der Waals surface area contributed by atoms with Gasteiger partial charge in [0.2, 0.25) is 0 Å². The van der Waals surface area contributed by atoms with Crippen LogP contribution in [0.4, 0.5) is 11.4 Å². The summed E-state index contributed by atoms with van der Waals surface area (Å²) in [5.41, 5.74) is 8.10. The molecule has 0 heterocycles. The minimum absolute atomic E-state index is 0.282. The van der Waals surface area contributed by atoms with Gasteiger partial charge in [-0.1, -0.05) is 29.8 Å². The molecule has 0 unspecified atom stereocenters. The van der Waals surface area contributed by atoms with Crippen LogP contribution in [0, 0.1) is 0 Å². The summed E-state index contributed by atoms with van der Waals surface area (Å²) < 4.78 is 0.780. The van der Waals surface area contributed by atoms with Gasteiger partial charge in [-0.25, -0.2) is 0 Å². The van der Waals surface area contributed by atoms with E-state index in [1.807, 2.05) is 30.3 Å². The Morgan fingerprint density at radius 2 is 1.90 bits per heavy atom. The zero-order chi connectivity index (χ0) is 15.4. The number of rotatable bonds is 3. The molecule has 0 radical (unpaired) electrons. The van der Waals surface area contributed by atoms with Crippen LogP contribution in [0.1, 0.15) is 15.9 Å². The molecule has 0 bridgehead atoms. The van der Waals surface area contributed by atoms with Crippen molar-refractivity contribution in [2.45, 2.75) is 0 Å². The Kier molecular flexibility index (Phi) is 5.45. The van der Waals surface area contributed by atoms with Gasteiger partial charge in [0.1, 0.15) is 0 Å². The molecule has 0 aliphatic carbocycles. The molecule has 2 rings (SSSR count). The van der Waals surface area contributed by atoms with E-state index < -0.39 is 0 Å². The zero-order valence-electron chi connectivity index (χ0n) is 10.7. The van der Waals surface area contributed by atoms with Gasteiger partial charge in [-0.3, -0.25) is 4.79 Å². The summed E-state index contributed by atoms with van der Waals surface area (Å²) in [6, 6.07) is 12.2. The highest BCUT2D eigenvalue weighted by molar-refractivity contribution is 9.28. The van der Waals surface area contributed by atoms with Crippen LogP contribution in [0.5, 0.6) is 0 Å². The molecule has 1 amide bonds. The predicted molar refractivity (Wildman–Crippen MR) is 96.1 cm³/mol. The van der Waals surface area contributed by atoms with Gasteiger partial charge in [0.05, 0.1) is 8.96 Å². The van der Waals surface area contributed by atoms with Crippen molar-refractivity contribution in [1.29, 1.82) is 0 Å². The smallest absolute Gasteiger partial charge is 0.257 e. The van der Waals surface area contributed by atoms with E-state index in [1.165, 1.54) is 0 Å². The average Bonchev–Trinajstić information content (AvgIpc) is 2.40. The molecule has 0 aliphatic rings. The van der Waals surface area contributed by atoms with Crippen LogP contribution in [0.2, 0.25) is 5.02 Å². The first-order chi connectivity index (χ1) is 9.97. The van der Waals surface area contributed by atoms with Crippen LogP contribution in [0.3, 0.4) is 0 Å². The lowest BCUT2D eigenvalue weighted by Gasteiger charge is -2.10. The number of carbonyl (C=O) groups excluding carboxylic acids is 1. The lowest BCUT2D eigenvalue weighted by Crippen LogP contribution is -2.14. The van der Waals surface area contributed by atoms with Crippen molar-refractivity contribution in [3.05, 3.63) is 62.0 Å². The lowest BCUT2D eigenvalue weighted by atomic mass is 10.1. The molecule has 3 N–H and O–H groups in total. The fraction of sp³-hybridized carbons (Fsp3) is 0. The number of nitrogens with one attached hydrogen (secondary N) is 1. The van der Waals surface area contributed by atoms with E-state index in [-0.39, 0.29) is 5.91 Å². The summed E-state index contributed by atoms with van der Waals surface area (Å²) in [6.45, 7) is 0. The average molecular weight is 431 g/mol. The van der Waals surface area contributed by atoms with E-state index in [0.29, 0.717) is 22.0 Å². The molecule has 0 atom stereocenters. The second-order valence-corrected chi connectivity index (χ2v) is 7.42. The molecule has 6 heteroatoms. The maximum absolute atomic E-state index is 12.3. The lowest BCUT2D eigenvalue weighted by molar-refractivity contribution is 0.102. The minimum Gasteiger partial charge on any atom is -0.398 e. The molecule has 0 saturated heterocycles. The predicted octanol–water partition coefficient (Wildman–Crippen LogP) is 5.26. The number of carbonyl (C=O) groups is 1.